The van der Waals surface area contributed by atoms with Gasteiger partial charge in [0.2, 0.25) is 0 Å². The fraction of sp³-hybridized carbons (Fsp3) is 0.241. The minimum atomic E-state index is -0.370. The average molecular weight is 527 g/mol. The van der Waals surface area contributed by atoms with E-state index in [9.17, 15) is 9.59 Å². The molecule has 3 aromatic rings. The van der Waals surface area contributed by atoms with E-state index < -0.39 is 0 Å². The molecule has 1 N–H and O–H groups in total. The Morgan fingerprint density at radius 1 is 0.886 bits per heavy atom. The van der Waals surface area contributed by atoms with E-state index in [1.54, 1.807) is 13.2 Å². The summed E-state index contributed by atoms with van der Waals surface area (Å²) in [4.78, 5) is 29.8. The number of fused-ring (bicyclic) bond motifs is 1. The number of benzene rings is 3. The SMILES string of the molecule is COc1cccc(-c2ccc3c(c2)/C(=C/[As]c2ccc(CN4CCCCC4)cc2)C(=O)NC3=O)c1. The molecule has 6 heteroatoms. The van der Waals surface area contributed by atoms with Crippen molar-refractivity contribution in [1.82, 2.24) is 10.2 Å². The van der Waals surface area contributed by atoms with Crippen LogP contribution in [-0.2, 0) is 11.3 Å². The standard InChI is InChI=1S/C29H28AsN2O3/c1-35-24-7-5-6-21(16-24)22-10-13-25-26(17-22)27(29(34)31-28(25)33)18-30-23-11-8-20(9-12-23)19-32-14-3-2-4-15-32/h5-13,16-18H,2-4,14-15,19H2,1H3,(H,31,33,34)/b27-18-. The predicted octanol–water partition coefficient (Wildman–Crippen LogP) is 3.99. The number of hydrogen-bond donors (Lipinski definition) is 1. The van der Waals surface area contributed by atoms with Gasteiger partial charge in [0.1, 0.15) is 0 Å². The van der Waals surface area contributed by atoms with Crippen LogP contribution in [0.15, 0.2) is 71.6 Å². The monoisotopic (exact) mass is 527 g/mol. The third kappa shape index (κ3) is 5.42. The molecule has 0 aliphatic carbocycles. The van der Waals surface area contributed by atoms with Crippen molar-refractivity contribution in [3.8, 4) is 16.9 Å². The maximum absolute atomic E-state index is 12.8. The van der Waals surface area contributed by atoms with E-state index in [0.29, 0.717) is 16.7 Å². The molecule has 3 aromatic carbocycles. The Morgan fingerprint density at radius 3 is 2.43 bits per heavy atom. The Bertz CT molecular complexity index is 1280. The molecular formula is C29H28AsN2O3. The number of rotatable bonds is 6. The first kappa shape index (κ1) is 23.6. The number of piperidine rings is 1. The molecule has 1 radical (unpaired) electrons. The predicted molar refractivity (Wildman–Crippen MR) is 140 cm³/mol. The Morgan fingerprint density at radius 2 is 1.66 bits per heavy atom. The van der Waals surface area contributed by atoms with Crippen molar-refractivity contribution in [2.45, 2.75) is 25.8 Å². The molecule has 0 spiro atoms. The van der Waals surface area contributed by atoms with Crippen molar-refractivity contribution >= 4 is 37.5 Å². The van der Waals surface area contributed by atoms with E-state index in [1.807, 2.05) is 41.3 Å². The summed E-state index contributed by atoms with van der Waals surface area (Å²) < 4.78 is 6.58. The van der Waals surface area contributed by atoms with Crippen LogP contribution in [0.3, 0.4) is 0 Å². The summed E-state index contributed by atoms with van der Waals surface area (Å²) in [5.74, 6) is 0.0820. The quantitative estimate of drug-likeness (QED) is 0.299. The second-order valence-electron chi connectivity index (χ2n) is 8.95. The van der Waals surface area contributed by atoms with Gasteiger partial charge in [0.25, 0.3) is 0 Å². The molecule has 0 aromatic heterocycles. The Balaban J connectivity index is 1.38. The number of nitrogens with zero attached hydrogens (tertiary/aromatic N) is 1. The molecule has 0 saturated carbocycles. The van der Waals surface area contributed by atoms with Crippen molar-refractivity contribution in [2.24, 2.45) is 0 Å². The van der Waals surface area contributed by atoms with Crippen LogP contribution in [0, 0.1) is 0 Å². The molecule has 0 unspecified atom stereocenters. The Hall–Kier alpha value is -3.14. The first-order valence-electron chi connectivity index (χ1n) is 12.0. The summed E-state index contributed by atoms with van der Waals surface area (Å²) in [5.41, 5.74) is 5.04. The number of nitrogens with one attached hydrogen (secondary N) is 1. The van der Waals surface area contributed by atoms with Crippen molar-refractivity contribution in [3.63, 3.8) is 0 Å². The maximum atomic E-state index is 12.8. The number of ether oxygens (including phenoxy) is 1. The van der Waals surface area contributed by atoms with Gasteiger partial charge in [0, 0.05) is 0 Å². The van der Waals surface area contributed by atoms with Crippen LogP contribution < -0.4 is 14.4 Å². The Labute approximate surface area is 212 Å². The van der Waals surface area contributed by atoms with Crippen molar-refractivity contribution < 1.29 is 14.3 Å². The van der Waals surface area contributed by atoms with Crippen LogP contribution in [0.1, 0.15) is 40.7 Å². The van der Waals surface area contributed by atoms with Crippen LogP contribution in [0.25, 0.3) is 16.7 Å². The van der Waals surface area contributed by atoms with E-state index in [2.05, 4.69) is 34.5 Å². The fourth-order valence-electron chi connectivity index (χ4n) is 4.64. The van der Waals surface area contributed by atoms with Gasteiger partial charge in [0.15, 0.2) is 0 Å². The number of carbonyl (C=O) groups excluding carboxylic acids is 2. The molecule has 0 bridgehead atoms. The van der Waals surface area contributed by atoms with Gasteiger partial charge in [-0.05, 0) is 0 Å². The third-order valence-electron chi connectivity index (χ3n) is 6.56. The molecular weight excluding hydrogens is 499 g/mol. The molecule has 5 rings (SSSR count). The molecule has 1 saturated heterocycles. The van der Waals surface area contributed by atoms with Crippen LogP contribution in [-0.4, -0.2) is 52.7 Å². The van der Waals surface area contributed by atoms with Gasteiger partial charge in [-0.3, -0.25) is 0 Å². The van der Waals surface area contributed by atoms with Crippen LogP contribution in [0.5, 0.6) is 5.75 Å². The molecule has 177 valence electrons. The summed E-state index contributed by atoms with van der Waals surface area (Å²) in [5, 5.41) is 2.50. The Kier molecular flexibility index (Phi) is 7.17. The van der Waals surface area contributed by atoms with Crippen LogP contribution in [0.2, 0.25) is 0 Å². The average Bonchev–Trinajstić information content (AvgIpc) is 2.90. The summed E-state index contributed by atoms with van der Waals surface area (Å²) in [6.07, 6.45) is 3.93. The van der Waals surface area contributed by atoms with Gasteiger partial charge in [-0.1, -0.05) is 0 Å². The topological polar surface area (TPSA) is 58.6 Å². The molecule has 5 nitrogen and oxygen atoms in total. The summed E-state index contributed by atoms with van der Waals surface area (Å²) in [7, 11) is 1.64. The van der Waals surface area contributed by atoms with E-state index >= 15 is 0 Å². The van der Waals surface area contributed by atoms with Crippen LogP contribution >= 0.6 is 0 Å². The first-order valence-corrected chi connectivity index (χ1v) is 14.0. The third-order valence-corrected chi connectivity index (χ3v) is 8.63. The second kappa shape index (κ2) is 10.6. The molecule has 2 aliphatic heterocycles. The summed E-state index contributed by atoms with van der Waals surface area (Å²) in [6.45, 7) is 3.37. The zero-order chi connectivity index (χ0) is 24.2. The van der Waals surface area contributed by atoms with Crippen molar-refractivity contribution in [2.75, 3.05) is 20.2 Å². The van der Waals surface area contributed by atoms with Gasteiger partial charge in [0.05, 0.1) is 0 Å². The number of imide groups is 1. The molecule has 0 atom stereocenters. The van der Waals surface area contributed by atoms with Gasteiger partial charge >= 0.3 is 213 Å². The van der Waals surface area contributed by atoms with Gasteiger partial charge in [-0.15, -0.1) is 0 Å². The second-order valence-corrected chi connectivity index (χ2v) is 11.1. The normalized spacial score (nSPS) is 17.6. The fourth-order valence-corrected chi connectivity index (χ4v) is 6.43. The summed E-state index contributed by atoms with van der Waals surface area (Å²) >= 11 is -0.370. The van der Waals surface area contributed by atoms with Gasteiger partial charge in [-0.2, -0.15) is 0 Å². The van der Waals surface area contributed by atoms with E-state index in [-0.39, 0.29) is 27.6 Å². The van der Waals surface area contributed by atoms with Crippen LogP contribution in [0.4, 0.5) is 0 Å². The molecule has 1 fully saturated rings. The van der Waals surface area contributed by atoms with Crippen molar-refractivity contribution in [3.05, 3.63) is 88.3 Å². The number of amides is 2. The number of likely N-dealkylation sites (tertiary alicyclic amines) is 1. The van der Waals surface area contributed by atoms with E-state index in [1.165, 1.54) is 42.3 Å². The molecule has 2 aliphatic rings. The van der Waals surface area contributed by atoms with Gasteiger partial charge in [-0.25, -0.2) is 0 Å². The zero-order valence-corrected chi connectivity index (χ0v) is 21.7. The van der Waals surface area contributed by atoms with Gasteiger partial charge < -0.3 is 0 Å². The number of methoxy groups -OCH3 is 1. The van der Waals surface area contributed by atoms with E-state index in [0.717, 1.165) is 23.4 Å². The first-order chi connectivity index (χ1) is 17.1. The zero-order valence-electron chi connectivity index (χ0n) is 19.8. The number of hydrogen-bond acceptors (Lipinski definition) is 4. The minimum absolute atomic E-state index is 0.331. The van der Waals surface area contributed by atoms with Crippen molar-refractivity contribution in [1.29, 1.82) is 0 Å². The molecule has 35 heavy (non-hydrogen) atoms. The number of carbonyl (C=O) groups is 2. The van der Waals surface area contributed by atoms with E-state index in [4.69, 9.17) is 4.74 Å². The molecule has 2 amide bonds. The molecule has 2 heterocycles. The summed E-state index contributed by atoms with van der Waals surface area (Å²) in [6, 6.07) is 22.2.